The van der Waals surface area contributed by atoms with Gasteiger partial charge in [0.1, 0.15) is 11.6 Å². The predicted octanol–water partition coefficient (Wildman–Crippen LogP) is 1.34. The number of amides is 1. The maximum atomic E-state index is 11.8. The van der Waals surface area contributed by atoms with Gasteiger partial charge in [0, 0.05) is 13.7 Å². The van der Waals surface area contributed by atoms with Crippen molar-refractivity contribution >= 4 is 12.1 Å². The van der Waals surface area contributed by atoms with Gasteiger partial charge in [0.05, 0.1) is 6.61 Å². The minimum Gasteiger partial charge on any atom is -0.480 e. The molecule has 0 fully saturated rings. The predicted molar refractivity (Wildman–Crippen MR) is 61.9 cm³/mol. The Kier molecular flexibility index (Phi) is 5.95. The number of hydrogen-bond donors (Lipinski definition) is 1. The van der Waals surface area contributed by atoms with Crippen LogP contribution in [0.15, 0.2) is 0 Å². The smallest absolute Gasteiger partial charge is 0.411 e. The number of hydrogen-bond acceptors (Lipinski definition) is 4. The highest BCUT2D eigenvalue weighted by atomic mass is 16.6. The molecule has 0 saturated heterocycles. The van der Waals surface area contributed by atoms with Crippen LogP contribution in [0.3, 0.4) is 0 Å². The highest BCUT2D eigenvalue weighted by Crippen LogP contribution is 2.12. The van der Waals surface area contributed by atoms with Crippen molar-refractivity contribution in [1.82, 2.24) is 4.90 Å². The summed E-state index contributed by atoms with van der Waals surface area (Å²) in [5.41, 5.74) is -0.652. The van der Waals surface area contributed by atoms with Gasteiger partial charge in [0.25, 0.3) is 0 Å². The van der Waals surface area contributed by atoms with Crippen LogP contribution >= 0.6 is 0 Å². The van der Waals surface area contributed by atoms with E-state index in [4.69, 9.17) is 14.6 Å². The molecule has 0 aromatic heterocycles. The van der Waals surface area contributed by atoms with E-state index in [1.807, 2.05) is 0 Å². The van der Waals surface area contributed by atoms with E-state index in [9.17, 15) is 9.59 Å². The van der Waals surface area contributed by atoms with Crippen molar-refractivity contribution in [2.75, 3.05) is 20.3 Å². The number of carboxylic acid groups (broad SMARTS) is 1. The molecule has 0 rings (SSSR count). The van der Waals surface area contributed by atoms with Crippen molar-refractivity contribution in [3.8, 4) is 0 Å². The zero-order valence-corrected chi connectivity index (χ0v) is 11.0. The maximum absolute atomic E-state index is 11.8. The summed E-state index contributed by atoms with van der Waals surface area (Å²) in [5.74, 6) is -1.08. The van der Waals surface area contributed by atoms with Crippen LogP contribution in [0.25, 0.3) is 0 Å². The maximum Gasteiger partial charge on any atom is 0.411 e. The molecule has 0 spiro atoms. The molecule has 6 heteroatoms. The summed E-state index contributed by atoms with van der Waals surface area (Å²) >= 11 is 0. The highest BCUT2D eigenvalue weighted by molar-refractivity contribution is 5.79. The van der Waals surface area contributed by atoms with E-state index >= 15 is 0 Å². The van der Waals surface area contributed by atoms with E-state index in [1.165, 1.54) is 14.0 Å². The topological polar surface area (TPSA) is 76.1 Å². The number of ether oxygens (including phenoxy) is 2. The van der Waals surface area contributed by atoms with Crippen LogP contribution in [-0.4, -0.2) is 54.0 Å². The quantitative estimate of drug-likeness (QED) is 0.793. The third-order valence-electron chi connectivity index (χ3n) is 1.99. The summed E-state index contributed by atoms with van der Waals surface area (Å²) in [7, 11) is 1.48. The number of carbonyl (C=O) groups excluding carboxylic acids is 1. The van der Waals surface area contributed by atoms with Crippen LogP contribution in [0.4, 0.5) is 4.79 Å². The van der Waals surface area contributed by atoms with Crippen LogP contribution < -0.4 is 0 Å². The molecule has 0 bridgehead atoms. The van der Waals surface area contributed by atoms with Crippen LogP contribution in [-0.2, 0) is 14.3 Å². The first-order chi connectivity index (χ1) is 7.69. The number of aliphatic carboxylic acids is 1. The average molecular weight is 247 g/mol. The summed E-state index contributed by atoms with van der Waals surface area (Å²) in [4.78, 5) is 23.8. The lowest BCUT2D eigenvalue weighted by molar-refractivity contribution is -0.142. The second kappa shape index (κ2) is 6.44. The fraction of sp³-hybridized carbons (Fsp3) is 0.818. The third-order valence-corrected chi connectivity index (χ3v) is 1.99. The molecule has 1 N–H and O–H groups in total. The van der Waals surface area contributed by atoms with Crippen molar-refractivity contribution in [1.29, 1.82) is 0 Å². The van der Waals surface area contributed by atoms with Crippen molar-refractivity contribution in [3.63, 3.8) is 0 Å². The second-order valence-electron chi connectivity index (χ2n) is 4.68. The minimum absolute atomic E-state index is 0.179. The molecule has 6 nitrogen and oxygen atoms in total. The molecule has 1 atom stereocenters. The fourth-order valence-electron chi connectivity index (χ4n) is 1.09. The van der Waals surface area contributed by atoms with Gasteiger partial charge >= 0.3 is 12.1 Å². The molecule has 0 aromatic carbocycles. The van der Waals surface area contributed by atoms with Gasteiger partial charge in [0.15, 0.2) is 0 Å². The zero-order chi connectivity index (χ0) is 13.6. The summed E-state index contributed by atoms with van der Waals surface area (Å²) in [6.07, 6.45) is -0.649. The highest BCUT2D eigenvalue weighted by Gasteiger charge is 2.29. The van der Waals surface area contributed by atoms with Gasteiger partial charge in [-0.05, 0) is 27.7 Å². The van der Waals surface area contributed by atoms with Gasteiger partial charge in [-0.1, -0.05) is 0 Å². The number of carbonyl (C=O) groups is 2. The fourth-order valence-corrected chi connectivity index (χ4v) is 1.09. The van der Waals surface area contributed by atoms with Crippen molar-refractivity contribution in [2.45, 2.75) is 39.3 Å². The molecule has 0 aliphatic rings. The molecule has 0 heterocycles. The molecule has 0 aromatic rings. The average Bonchev–Trinajstić information content (AvgIpc) is 2.15. The van der Waals surface area contributed by atoms with Gasteiger partial charge in [-0.2, -0.15) is 0 Å². The number of nitrogens with zero attached hydrogens (tertiary/aromatic N) is 1. The Balaban J connectivity index is 4.67. The lowest BCUT2D eigenvalue weighted by Crippen LogP contribution is -2.47. The van der Waals surface area contributed by atoms with Gasteiger partial charge in [-0.15, -0.1) is 0 Å². The monoisotopic (exact) mass is 247 g/mol. The van der Waals surface area contributed by atoms with Crippen LogP contribution in [0.1, 0.15) is 27.7 Å². The Morgan fingerprint density at radius 3 is 2.24 bits per heavy atom. The SMILES string of the molecule is COCCN(C(=O)OC(C)(C)C)C(C)C(=O)O. The molecule has 0 aliphatic heterocycles. The summed E-state index contributed by atoms with van der Waals surface area (Å²) < 4.78 is 9.98. The summed E-state index contributed by atoms with van der Waals surface area (Å²) in [6.45, 7) is 7.05. The Morgan fingerprint density at radius 1 is 1.35 bits per heavy atom. The molecular weight excluding hydrogens is 226 g/mol. The normalized spacial score (nSPS) is 13.0. The van der Waals surface area contributed by atoms with Crippen molar-refractivity contribution in [2.24, 2.45) is 0 Å². The van der Waals surface area contributed by atoms with Gasteiger partial charge < -0.3 is 14.6 Å². The number of rotatable bonds is 5. The van der Waals surface area contributed by atoms with E-state index in [-0.39, 0.29) is 13.2 Å². The first-order valence-electron chi connectivity index (χ1n) is 5.40. The van der Waals surface area contributed by atoms with E-state index in [0.29, 0.717) is 0 Å². The largest absolute Gasteiger partial charge is 0.480 e. The van der Waals surface area contributed by atoms with Crippen LogP contribution in [0.5, 0.6) is 0 Å². The van der Waals surface area contributed by atoms with E-state index in [0.717, 1.165) is 4.90 Å². The molecule has 17 heavy (non-hydrogen) atoms. The van der Waals surface area contributed by atoms with Crippen LogP contribution in [0.2, 0.25) is 0 Å². The summed E-state index contributed by atoms with van der Waals surface area (Å²) in [6, 6.07) is -0.944. The van der Waals surface area contributed by atoms with Gasteiger partial charge in [-0.3, -0.25) is 4.90 Å². The Hall–Kier alpha value is -1.30. The lowest BCUT2D eigenvalue weighted by Gasteiger charge is -2.29. The van der Waals surface area contributed by atoms with Crippen molar-refractivity contribution < 1.29 is 24.2 Å². The first kappa shape index (κ1) is 15.7. The third kappa shape index (κ3) is 6.11. The standard InChI is InChI=1S/C11H21NO5/c1-8(9(13)14)12(6-7-16-5)10(15)17-11(2,3)4/h8H,6-7H2,1-5H3,(H,13,14). The Bertz CT molecular complexity index is 272. The Labute approximate surface area is 101 Å². The molecule has 0 aliphatic carbocycles. The molecule has 0 saturated carbocycles. The van der Waals surface area contributed by atoms with Gasteiger partial charge in [-0.25, -0.2) is 9.59 Å². The molecule has 100 valence electrons. The molecular formula is C11H21NO5. The van der Waals surface area contributed by atoms with Gasteiger partial charge in [0.2, 0.25) is 0 Å². The Morgan fingerprint density at radius 2 is 1.88 bits per heavy atom. The van der Waals surface area contributed by atoms with E-state index in [2.05, 4.69) is 0 Å². The minimum atomic E-state index is -1.08. The molecule has 1 unspecified atom stereocenters. The van der Waals surface area contributed by atoms with Crippen molar-refractivity contribution in [3.05, 3.63) is 0 Å². The van der Waals surface area contributed by atoms with Crippen LogP contribution in [0, 0.1) is 0 Å². The first-order valence-corrected chi connectivity index (χ1v) is 5.40. The lowest BCUT2D eigenvalue weighted by atomic mass is 10.2. The number of methoxy groups -OCH3 is 1. The zero-order valence-electron chi connectivity index (χ0n) is 11.0. The molecule has 1 amide bonds. The molecule has 0 radical (unpaired) electrons. The van der Waals surface area contributed by atoms with E-state index < -0.39 is 23.7 Å². The number of carboxylic acids is 1. The summed E-state index contributed by atoms with van der Waals surface area (Å²) in [5, 5.41) is 8.91. The second-order valence-corrected chi connectivity index (χ2v) is 4.68. The van der Waals surface area contributed by atoms with E-state index in [1.54, 1.807) is 20.8 Å².